The van der Waals surface area contributed by atoms with Gasteiger partial charge in [0.2, 0.25) is 0 Å². The van der Waals surface area contributed by atoms with Gasteiger partial charge in [-0.05, 0) is 54.8 Å². The summed E-state index contributed by atoms with van der Waals surface area (Å²) >= 11 is 0. The van der Waals surface area contributed by atoms with Crippen molar-refractivity contribution in [2.75, 3.05) is 6.61 Å². The first-order chi connectivity index (χ1) is 28.8. The second-order valence-corrected chi connectivity index (χ2v) is 17.1. The van der Waals surface area contributed by atoms with Gasteiger partial charge in [-0.3, -0.25) is 24.0 Å². The van der Waals surface area contributed by atoms with E-state index in [4.69, 9.17) is 23.7 Å². The fraction of sp³-hybridized carbons (Fsp3) is 0.426. The predicted octanol–water partition coefficient (Wildman–Crippen LogP) is 4.58. The molecular formula is C47H50NO13. The van der Waals surface area contributed by atoms with E-state index in [0.717, 1.165) is 6.92 Å². The standard InChI is InChI=1S/C47H50NO13/c1-26-33(59-36(52)22-32(29-16-10-7-11-17-29)48-42(54)30-18-12-8-13-19-30)24-47(56)41(60-43(55)31-20-14-9-15-21-31)39-45(6,34(51)23-35-46(39,25-57-35)61-28(3)50)40(53)38(58-27(2)49)37(26)44(47,4)5/h7-22,32-35,38-39,41,51,56H,23-25H2,1-6H3,(H,48,54)/t32-,33-,34-,35+,38+,39-,41-,45+,46-,47+/m0/s1. The molecule has 3 aliphatic carbocycles. The lowest BCUT2D eigenvalue weighted by Crippen LogP contribution is -2.82. The molecular weight excluding hydrogens is 787 g/mol. The molecule has 14 heteroatoms. The summed E-state index contributed by atoms with van der Waals surface area (Å²) in [5, 5.41) is 28.6. The molecule has 7 rings (SSSR count). The fourth-order valence-corrected chi connectivity index (χ4v) is 10.0. The Morgan fingerprint density at radius 3 is 1.98 bits per heavy atom. The van der Waals surface area contributed by atoms with Gasteiger partial charge in [0.1, 0.15) is 23.9 Å². The van der Waals surface area contributed by atoms with Gasteiger partial charge in [-0.1, -0.05) is 80.6 Å². The Kier molecular flexibility index (Phi) is 11.6. The summed E-state index contributed by atoms with van der Waals surface area (Å²) in [6.45, 7) is 8.22. The summed E-state index contributed by atoms with van der Waals surface area (Å²) in [4.78, 5) is 83.2. The summed E-state index contributed by atoms with van der Waals surface area (Å²) in [5.74, 6) is -6.21. The van der Waals surface area contributed by atoms with E-state index in [9.17, 15) is 34.2 Å². The van der Waals surface area contributed by atoms with Crippen LogP contribution in [-0.2, 0) is 42.9 Å². The molecule has 1 aliphatic heterocycles. The molecule has 0 unspecified atom stereocenters. The lowest BCUT2D eigenvalue weighted by molar-refractivity contribution is -0.346. The van der Waals surface area contributed by atoms with E-state index in [1.165, 1.54) is 32.4 Å². The monoisotopic (exact) mass is 836 g/mol. The molecule has 10 atom stereocenters. The lowest BCUT2D eigenvalue weighted by atomic mass is 9.44. The Balaban J connectivity index is 1.37. The van der Waals surface area contributed by atoms with Crippen molar-refractivity contribution in [2.45, 2.75) is 102 Å². The van der Waals surface area contributed by atoms with Crippen LogP contribution in [0, 0.1) is 23.2 Å². The van der Waals surface area contributed by atoms with Gasteiger partial charge in [0.25, 0.3) is 5.91 Å². The van der Waals surface area contributed by atoms with Gasteiger partial charge in [0, 0.05) is 37.7 Å². The van der Waals surface area contributed by atoms with Crippen LogP contribution in [0.2, 0.25) is 0 Å². The number of fused-ring (bicyclic) bond motifs is 5. The largest absolute Gasteiger partial charge is 0.457 e. The third kappa shape index (κ3) is 7.44. The second kappa shape index (κ2) is 16.3. The smallest absolute Gasteiger partial charge is 0.338 e. The number of rotatable bonds is 10. The zero-order valence-electron chi connectivity index (χ0n) is 34.8. The van der Waals surface area contributed by atoms with Gasteiger partial charge in [0.15, 0.2) is 17.5 Å². The van der Waals surface area contributed by atoms with Gasteiger partial charge in [-0.25, -0.2) is 4.79 Å². The third-order valence-electron chi connectivity index (χ3n) is 13.2. The molecule has 3 aromatic rings. The molecule has 3 N–H and O–H groups in total. The van der Waals surface area contributed by atoms with Crippen molar-refractivity contribution in [1.82, 2.24) is 5.32 Å². The number of ketones is 1. The first-order valence-corrected chi connectivity index (χ1v) is 20.2. The molecule has 1 heterocycles. The topological polar surface area (TPSA) is 201 Å². The van der Waals surface area contributed by atoms with Crippen molar-refractivity contribution >= 4 is 35.6 Å². The van der Waals surface area contributed by atoms with Gasteiger partial charge in [-0.2, -0.15) is 0 Å². The van der Waals surface area contributed by atoms with Crippen molar-refractivity contribution in [3.63, 3.8) is 0 Å². The molecule has 321 valence electrons. The lowest BCUT2D eigenvalue weighted by Gasteiger charge is -2.67. The number of hydrogen-bond donors (Lipinski definition) is 3. The number of Topliss-reactive ketones (excluding diaryl/α,β-unsaturated/α-hetero) is 1. The normalized spacial score (nSPS) is 31.6. The molecule has 61 heavy (non-hydrogen) atoms. The van der Waals surface area contributed by atoms with E-state index in [2.05, 4.69) is 5.32 Å². The van der Waals surface area contributed by atoms with Gasteiger partial charge >= 0.3 is 23.9 Å². The van der Waals surface area contributed by atoms with Gasteiger partial charge < -0.3 is 39.2 Å². The molecule has 4 aliphatic rings. The minimum Gasteiger partial charge on any atom is -0.457 e. The average Bonchev–Trinajstić information content (AvgIpc) is 3.22. The quantitative estimate of drug-likeness (QED) is 0.146. The molecule has 1 amide bonds. The summed E-state index contributed by atoms with van der Waals surface area (Å²) in [6, 6.07) is 24.1. The number of aliphatic hydroxyl groups is 2. The predicted molar refractivity (Wildman–Crippen MR) is 216 cm³/mol. The Hall–Kier alpha value is -5.70. The number of nitrogens with one attached hydrogen (secondary N) is 1. The van der Waals surface area contributed by atoms with E-state index in [-0.39, 0.29) is 29.7 Å². The molecule has 1 saturated heterocycles. The number of carbonyl (C=O) groups excluding carboxylic acids is 6. The van der Waals surface area contributed by atoms with Gasteiger partial charge in [0.05, 0.1) is 42.1 Å². The first kappa shape index (κ1) is 43.4. The maximum Gasteiger partial charge on any atom is 0.338 e. The third-order valence-corrected chi connectivity index (χ3v) is 13.2. The number of amides is 1. The van der Waals surface area contributed by atoms with Crippen LogP contribution in [0.1, 0.15) is 86.7 Å². The van der Waals surface area contributed by atoms with Crippen LogP contribution in [0.5, 0.6) is 0 Å². The van der Waals surface area contributed by atoms with Crippen LogP contribution >= 0.6 is 0 Å². The van der Waals surface area contributed by atoms with Crippen LogP contribution in [0.3, 0.4) is 0 Å². The number of esters is 4. The van der Waals surface area contributed by atoms with Crippen molar-refractivity contribution in [3.05, 3.63) is 125 Å². The first-order valence-electron chi connectivity index (χ1n) is 20.2. The Morgan fingerprint density at radius 2 is 1.43 bits per heavy atom. The summed E-state index contributed by atoms with van der Waals surface area (Å²) in [6.07, 6.45) is -6.85. The molecule has 3 fully saturated rings. The van der Waals surface area contributed by atoms with Crippen molar-refractivity contribution in [1.29, 1.82) is 0 Å². The van der Waals surface area contributed by atoms with E-state index >= 15 is 4.79 Å². The van der Waals surface area contributed by atoms with Crippen LogP contribution in [0.25, 0.3) is 0 Å². The Morgan fingerprint density at radius 1 is 0.836 bits per heavy atom. The highest BCUT2D eigenvalue weighted by molar-refractivity contribution is 5.96. The minimum absolute atomic E-state index is 0.0670. The molecule has 1 radical (unpaired) electrons. The van der Waals surface area contributed by atoms with Crippen LogP contribution in [0.4, 0.5) is 0 Å². The summed E-state index contributed by atoms with van der Waals surface area (Å²) < 4.78 is 30.4. The molecule has 3 aromatic carbocycles. The van der Waals surface area contributed by atoms with Crippen molar-refractivity contribution < 1.29 is 62.7 Å². The van der Waals surface area contributed by atoms with E-state index in [1.54, 1.807) is 99.6 Å². The number of ether oxygens (including phenoxy) is 5. The maximum absolute atomic E-state index is 15.5. The van der Waals surface area contributed by atoms with Crippen molar-refractivity contribution in [3.8, 4) is 0 Å². The highest BCUT2D eigenvalue weighted by atomic mass is 16.6. The number of carbonyl (C=O) groups is 6. The van der Waals surface area contributed by atoms with Crippen LogP contribution in [-0.4, -0.2) is 94.1 Å². The van der Waals surface area contributed by atoms with Crippen LogP contribution < -0.4 is 5.32 Å². The summed E-state index contributed by atoms with van der Waals surface area (Å²) in [7, 11) is 0. The second-order valence-electron chi connectivity index (χ2n) is 17.1. The highest BCUT2D eigenvalue weighted by Crippen LogP contribution is 2.64. The van der Waals surface area contributed by atoms with Crippen LogP contribution in [0.15, 0.2) is 102 Å². The molecule has 14 nitrogen and oxygen atoms in total. The fourth-order valence-electron chi connectivity index (χ4n) is 10.0. The Bertz CT molecular complexity index is 2240. The minimum atomic E-state index is -2.31. The van der Waals surface area contributed by atoms with Crippen molar-refractivity contribution in [2.24, 2.45) is 16.7 Å². The zero-order chi connectivity index (χ0) is 44.1. The summed E-state index contributed by atoms with van der Waals surface area (Å²) in [5.41, 5.74) is -6.32. The zero-order valence-corrected chi connectivity index (χ0v) is 34.8. The molecule has 2 bridgehead atoms. The Labute approximate surface area is 353 Å². The number of benzene rings is 3. The van der Waals surface area contributed by atoms with E-state index < -0.39 is 107 Å². The number of aliphatic hydroxyl groups excluding tert-OH is 1. The molecule has 0 aromatic heterocycles. The highest BCUT2D eigenvalue weighted by Gasteiger charge is 2.78. The maximum atomic E-state index is 15.5. The van der Waals surface area contributed by atoms with E-state index in [0.29, 0.717) is 11.1 Å². The molecule has 0 spiro atoms. The average molecular weight is 837 g/mol. The van der Waals surface area contributed by atoms with E-state index in [1.807, 2.05) is 0 Å². The SMILES string of the molecule is CC(=O)O[C@H]1C(=O)[C@@]2(C)[C@H]([C@H](OC(=O)c3ccccc3)[C@]3(O)C[C@H](OC(=O)[CH][C@H](NC(=O)c4ccccc4)c4ccccc4)C(C)=C1C3(C)C)[C@]1(OC(C)=O)CO[C@@H]1C[C@@H]2O. The molecule has 2 saturated carbocycles. The van der Waals surface area contributed by atoms with Gasteiger partial charge in [-0.15, -0.1) is 0 Å². The number of hydrogen-bond acceptors (Lipinski definition) is 13.